The van der Waals surface area contributed by atoms with Crippen LogP contribution in [0.2, 0.25) is 6.32 Å². The zero-order valence-corrected chi connectivity index (χ0v) is 27.7. The normalized spacial score (nSPS) is 22.1. The van der Waals surface area contributed by atoms with Gasteiger partial charge in [-0.2, -0.15) is 0 Å². The van der Waals surface area contributed by atoms with Crippen LogP contribution < -0.4 is 4.74 Å². The SMILES string of the molecule is O=C(O)CCCCCN1C(=O)[C@@H]2[C@@H](CC(COc3ccccc3)=C3[C@@H](CC/C(=C/c4ccc(O)c(F)c4)c4ccccc4)OB(O)C[C@@H]32)C1=O. The van der Waals surface area contributed by atoms with Crippen molar-refractivity contribution in [1.82, 2.24) is 4.90 Å². The lowest BCUT2D eigenvalue weighted by atomic mass is 9.58. The number of halogens is 1. The average molecular weight is 682 g/mol. The van der Waals surface area contributed by atoms with Crippen LogP contribution in [0, 0.1) is 23.6 Å². The molecule has 0 bridgehead atoms. The molecule has 3 aromatic rings. The Morgan fingerprint density at radius 1 is 0.960 bits per heavy atom. The lowest BCUT2D eigenvalue weighted by Crippen LogP contribution is -2.46. The summed E-state index contributed by atoms with van der Waals surface area (Å²) in [6, 6.07) is 23.3. The first-order chi connectivity index (χ1) is 24.2. The van der Waals surface area contributed by atoms with E-state index in [-0.39, 0.29) is 37.7 Å². The maximum Gasteiger partial charge on any atom is 0.455 e. The van der Waals surface area contributed by atoms with Gasteiger partial charge in [0.05, 0.1) is 17.9 Å². The molecule has 260 valence electrons. The van der Waals surface area contributed by atoms with E-state index >= 15 is 0 Å². The number of carbonyl (C=O) groups excluding carboxylic acids is 2. The van der Waals surface area contributed by atoms with Crippen molar-refractivity contribution in [1.29, 1.82) is 0 Å². The highest BCUT2D eigenvalue weighted by molar-refractivity contribution is 6.43. The predicted octanol–water partition coefficient (Wildman–Crippen LogP) is 6.37. The first kappa shape index (κ1) is 35.1. The smallest absolute Gasteiger partial charge is 0.455 e. The number of hydrogen-bond donors (Lipinski definition) is 3. The molecular weight excluding hydrogens is 640 g/mol. The van der Waals surface area contributed by atoms with Crippen molar-refractivity contribution >= 4 is 36.6 Å². The summed E-state index contributed by atoms with van der Waals surface area (Å²) in [6.45, 7) is 0.424. The lowest BCUT2D eigenvalue weighted by molar-refractivity contribution is -0.141. The zero-order chi connectivity index (χ0) is 35.2. The van der Waals surface area contributed by atoms with Crippen LogP contribution in [-0.4, -0.2) is 64.3 Å². The number of hydrogen-bond acceptors (Lipinski definition) is 7. The summed E-state index contributed by atoms with van der Waals surface area (Å²) in [6.07, 6.45) is 4.33. The van der Waals surface area contributed by atoms with E-state index in [1.165, 1.54) is 17.0 Å². The van der Waals surface area contributed by atoms with Crippen LogP contribution in [0.15, 0.2) is 90.0 Å². The number of carboxylic acid groups (broad SMARTS) is 1. The minimum Gasteiger partial charge on any atom is -0.505 e. The second-order valence-electron chi connectivity index (χ2n) is 13.2. The predicted molar refractivity (Wildman–Crippen MR) is 186 cm³/mol. The molecule has 0 spiro atoms. The van der Waals surface area contributed by atoms with Crippen molar-refractivity contribution in [2.75, 3.05) is 13.2 Å². The Bertz CT molecular complexity index is 1760. The fourth-order valence-electron chi connectivity index (χ4n) is 7.64. The minimum atomic E-state index is -1.15. The first-order valence-electron chi connectivity index (χ1n) is 17.2. The minimum absolute atomic E-state index is 0.0412. The molecule has 2 saturated heterocycles. The van der Waals surface area contributed by atoms with Crippen molar-refractivity contribution in [3.05, 3.63) is 107 Å². The van der Waals surface area contributed by atoms with Crippen molar-refractivity contribution in [3.63, 3.8) is 0 Å². The third-order valence-electron chi connectivity index (χ3n) is 9.96. The molecule has 0 radical (unpaired) electrons. The van der Waals surface area contributed by atoms with E-state index in [1.54, 1.807) is 6.07 Å². The number of fused-ring (bicyclic) bond motifs is 3. The third-order valence-corrected chi connectivity index (χ3v) is 9.96. The van der Waals surface area contributed by atoms with Gasteiger partial charge in [-0.05, 0) is 96.5 Å². The molecule has 0 saturated carbocycles. The molecule has 3 aromatic carbocycles. The molecule has 6 rings (SSSR count). The van der Waals surface area contributed by atoms with Gasteiger partial charge in [-0.1, -0.05) is 67.1 Å². The van der Waals surface area contributed by atoms with E-state index in [0.29, 0.717) is 49.8 Å². The summed E-state index contributed by atoms with van der Waals surface area (Å²) < 4.78 is 26.7. The topological polar surface area (TPSA) is 134 Å². The molecule has 0 unspecified atom stereocenters. The monoisotopic (exact) mass is 681 g/mol. The van der Waals surface area contributed by atoms with Gasteiger partial charge in [-0.3, -0.25) is 19.3 Å². The number of para-hydroxylation sites is 1. The van der Waals surface area contributed by atoms with Gasteiger partial charge in [0, 0.05) is 13.0 Å². The number of aromatic hydroxyl groups is 1. The number of rotatable bonds is 14. The Kier molecular flexibility index (Phi) is 11.1. The Balaban J connectivity index is 1.29. The maximum absolute atomic E-state index is 14.3. The van der Waals surface area contributed by atoms with E-state index in [0.717, 1.165) is 22.3 Å². The number of aliphatic carboxylic acids is 1. The van der Waals surface area contributed by atoms with Gasteiger partial charge in [0.15, 0.2) is 11.6 Å². The molecule has 2 aliphatic heterocycles. The van der Waals surface area contributed by atoms with Gasteiger partial charge in [0.2, 0.25) is 11.8 Å². The number of benzene rings is 3. The summed E-state index contributed by atoms with van der Waals surface area (Å²) in [5.41, 5.74) is 4.17. The Morgan fingerprint density at radius 3 is 2.42 bits per heavy atom. The van der Waals surface area contributed by atoms with Crippen molar-refractivity contribution in [3.8, 4) is 11.5 Å². The second-order valence-corrected chi connectivity index (χ2v) is 13.2. The van der Waals surface area contributed by atoms with E-state index in [9.17, 15) is 28.9 Å². The summed E-state index contributed by atoms with van der Waals surface area (Å²) in [4.78, 5) is 40.0. The molecule has 50 heavy (non-hydrogen) atoms. The molecule has 3 aliphatic rings. The lowest BCUT2D eigenvalue weighted by Gasteiger charge is -2.43. The van der Waals surface area contributed by atoms with Gasteiger partial charge in [-0.25, -0.2) is 4.39 Å². The molecular formula is C39H41BFNO8. The molecule has 3 N–H and O–H groups in total. The number of carbonyl (C=O) groups is 3. The molecule has 2 fully saturated rings. The molecule has 9 nitrogen and oxygen atoms in total. The van der Waals surface area contributed by atoms with Crippen LogP contribution in [0.3, 0.4) is 0 Å². The van der Waals surface area contributed by atoms with Crippen molar-refractivity contribution in [2.45, 2.75) is 57.4 Å². The van der Waals surface area contributed by atoms with Gasteiger partial charge in [-0.15, -0.1) is 0 Å². The molecule has 1 aliphatic carbocycles. The van der Waals surface area contributed by atoms with E-state index in [1.807, 2.05) is 66.7 Å². The van der Waals surface area contributed by atoms with Gasteiger partial charge >= 0.3 is 13.1 Å². The van der Waals surface area contributed by atoms with Crippen LogP contribution >= 0.6 is 0 Å². The second kappa shape index (κ2) is 15.9. The maximum atomic E-state index is 14.3. The number of allylic oxidation sites excluding steroid dienone is 1. The Hall–Kier alpha value is -4.74. The first-order valence-corrected chi connectivity index (χ1v) is 17.2. The van der Waals surface area contributed by atoms with E-state index < -0.39 is 48.5 Å². The van der Waals surface area contributed by atoms with Crippen LogP contribution in [0.4, 0.5) is 4.39 Å². The summed E-state index contributed by atoms with van der Waals surface area (Å²) in [7, 11) is -1.15. The number of ether oxygens (including phenoxy) is 1. The van der Waals surface area contributed by atoms with Crippen LogP contribution in [-0.2, 0) is 19.0 Å². The number of carboxylic acids is 1. The number of unbranched alkanes of at least 4 members (excludes halogenated alkanes) is 2. The molecule has 4 atom stereocenters. The van der Waals surface area contributed by atoms with Crippen molar-refractivity contribution in [2.24, 2.45) is 17.8 Å². The molecule has 2 amide bonds. The molecule has 2 heterocycles. The van der Waals surface area contributed by atoms with E-state index in [2.05, 4.69) is 0 Å². The fourth-order valence-corrected chi connectivity index (χ4v) is 7.64. The van der Waals surface area contributed by atoms with E-state index in [4.69, 9.17) is 14.5 Å². The third kappa shape index (κ3) is 8.00. The Morgan fingerprint density at radius 2 is 1.70 bits per heavy atom. The van der Waals surface area contributed by atoms with Gasteiger partial charge in [0.25, 0.3) is 0 Å². The average Bonchev–Trinajstić information content (AvgIpc) is 3.35. The Labute approximate surface area is 291 Å². The zero-order valence-electron chi connectivity index (χ0n) is 27.7. The highest BCUT2D eigenvalue weighted by Gasteiger charge is 2.57. The van der Waals surface area contributed by atoms with Crippen LogP contribution in [0.1, 0.15) is 56.1 Å². The largest absolute Gasteiger partial charge is 0.505 e. The van der Waals surface area contributed by atoms with Crippen LogP contribution in [0.5, 0.6) is 11.5 Å². The number of nitrogens with zero attached hydrogens (tertiary/aromatic N) is 1. The quantitative estimate of drug-likeness (QED) is 0.0588. The summed E-state index contributed by atoms with van der Waals surface area (Å²) in [5, 5.41) is 29.7. The van der Waals surface area contributed by atoms with Crippen molar-refractivity contribution < 1.29 is 43.4 Å². The highest BCUT2D eigenvalue weighted by atomic mass is 19.1. The molecule has 0 aromatic heterocycles. The molecule has 11 heteroatoms. The summed E-state index contributed by atoms with van der Waals surface area (Å²) in [5.74, 6) is -3.49. The summed E-state index contributed by atoms with van der Waals surface area (Å²) >= 11 is 0. The number of phenols is 1. The fraction of sp³-hybridized carbons (Fsp3) is 0.359. The van der Waals surface area contributed by atoms with Crippen LogP contribution in [0.25, 0.3) is 11.6 Å². The standard InChI is InChI=1S/C39H41BFNO8/c41-32-21-25(15-17-33(32)43)20-27(26-10-4-1-5-11-26)16-18-34-36-28(24-49-29-12-6-2-7-13-29)22-30-37(31(36)23-40(48)50-34)39(47)42(38(30)46)19-9-3-8-14-35(44)45/h1-2,4-7,10-13,15,17,20-21,30-31,34,37,43,48H,3,8-9,14,16,18-19,22-24H2,(H,44,45)/b27-20-/t30-,31+,34-,37-/m1/s1. The number of imide groups is 1. The number of phenolic OH excluding ortho intramolecular Hbond substituents is 1. The number of likely N-dealkylation sites (tertiary alicyclic amines) is 1. The highest BCUT2D eigenvalue weighted by Crippen LogP contribution is 2.51. The number of amides is 2. The van der Waals surface area contributed by atoms with Gasteiger partial charge in [0.1, 0.15) is 12.4 Å². The van der Waals surface area contributed by atoms with Gasteiger partial charge < -0.3 is 24.6 Å².